The zero-order chi connectivity index (χ0) is 18.2. The molecule has 0 aliphatic carbocycles. The van der Waals surface area contributed by atoms with Gasteiger partial charge in [-0.1, -0.05) is 84.1 Å². The van der Waals surface area contributed by atoms with E-state index in [9.17, 15) is 5.11 Å². The summed E-state index contributed by atoms with van der Waals surface area (Å²) in [6, 6.07) is 8.29. The first-order valence-corrected chi connectivity index (χ1v) is 12.5. The molecule has 0 amide bonds. The number of hydrogen-bond acceptors (Lipinski definition) is 2. The molecule has 0 radical (unpaired) electrons. The van der Waals surface area contributed by atoms with Gasteiger partial charge in [0.05, 0.1) is 12.7 Å². The number of benzene rings is 1. The van der Waals surface area contributed by atoms with E-state index >= 15 is 0 Å². The van der Waals surface area contributed by atoms with Gasteiger partial charge >= 0.3 is 0 Å². The van der Waals surface area contributed by atoms with Crippen LogP contribution in [0.15, 0.2) is 24.3 Å². The molecular formula is C21H38O2Si. The molecule has 0 unspecified atom stereocenters. The van der Waals surface area contributed by atoms with E-state index in [4.69, 9.17) is 4.43 Å². The van der Waals surface area contributed by atoms with Crippen molar-refractivity contribution in [2.24, 2.45) is 0 Å². The van der Waals surface area contributed by atoms with Crippen LogP contribution in [-0.2, 0) is 11.0 Å². The highest BCUT2D eigenvalue weighted by Gasteiger charge is 2.37. The number of aliphatic hydroxyl groups is 1. The zero-order valence-electron chi connectivity index (χ0n) is 16.7. The first kappa shape index (κ1) is 21.4. The third kappa shape index (κ3) is 7.08. The molecular weight excluding hydrogens is 312 g/mol. The molecule has 1 rings (SSSR count). The summed E-state index contributed by atoms with van der Waals surface area (Å²) < 4.78 is 6.30. The van der Waals surface area contributed by atoms with Crippen LogP contribution in [0.1, 0.15) is 83.5 Å². The van der Waals surface area contributed by atoms with Gasteiger partial charge in [0.15, 0.2) is 8.32 Å². The molecule has 0 spiro atoms. The Balaban J connectivity index is 2.54. The molecule has 0 aromatic heterocycles. The summed E-state index contributed by atoms with van der Waals surface area (Å²) in [5, 5.41) is 10.7. The van der Waals surface area contributed by atoms with Gasteiger partial charge in [-0.05, 0) is 35.7 Å². The first-order valence-electron chi connectivity index (χ1n) is 9.58. The molecule has 0 aliphatic heterocycles. The second kappa shape index (κ2) is 9.74. The molecule has 0 aliphatic rings. The van der Waals surface area contributed by atoms with Crippen LogP contribution in [0.5, 0.6) is 0 Å². The Labute approximate surface area is 150 Å². The van der Waals surface area contributed by atoms with Crippen molar-refractivity contribution in [1.29, 1.82) is 0 Å². The molecule has 0 heterocycles. The molecule has 0 bridgehead atoms. The fraction of sp³-hybridized carbons (Fsp3) is 0.714. The standard InChI is InChI=1S/C21H38O2Si/c1-7-8-9-10-11-15-20(22)19-14-12-13-18(16-19)17-23-24(5,6)21(2,3)4/h12-14,16,20,22H,7-11,15,17H2,1-6H3/t20-/m1/s1. The number of unbranched alkanes of at least 4 members (excludes halogenated alkanes) is 4. The number of hydrogen-bond donors (Lipinski definition) is 1. The van der Waals surface area contributed by atoms with Crippen molar-refractivity contribution in [2.45, 2.75) is 97.1 Å². The third-order valence-electron chi connectivity index (χ3n) is 5.32. The predicted molar refractivity (Wildman–Crippen MR) is 107 cm³/mol. The van der Waals surface area contributed by atoms with E-state index in [1.165, 1.54) is 31.2 Å². The molecule has 24 heavy (non-hydrogen) atoms. The topological polar surface area (TPSA) is 29.5 Å². The Kier molecular flexibility index (Phi) is 8.68. The molecule has 0 saturated heterocycles. The lowest BCUT2D eigenvalue weighted by Gasteiger charge is -2.36. The van der Waals surface area contributed by atoms with Gasteiger partial charge in [0.25, 0.3) is 0 Å². The van der Waals surface area contributed by atoms with Gasteiger partial charge in [0.1, 0.15) is 0 Å². The van der Waals surface area contributed by atoms with Crippen LogP contribution >= 0.6 is 0 Å². The Morgan fingerprint density at radius 1 is 1.08 bits per heavy atom. The predicted octanol–water partition coefficient (Wildman–Crippen LogP) is 6.60. The van der Waals surface area contributed by atoms with E-state index < -0.39 is 8.32 Å². The smallest absolute Gasteiger partial charge is 0.192 e. The molecule has 0 saturated carbocycles. The van der Waals surface area contributed by atoms with Crippen LogP contribution < -0.4 is 0 Å². The molecule has 3 heteroatoms. The van der Waals surface area contributed by atoms with Crippen molar-refractivity contribution in [1.82, 2.24) is 0 Å². The minimum absolute atomic E-state index is 0.225. The van der Waals surface area contributed by atoms with Crippen molar-refractivity contribution in [3.8, 4) is 0 Å². The summed E-state index contributed by atoms with van der Waals surface area (Å²) in [5.41, 5.74) is 2.20. The van der Waals surface area contributed by atoms with E-state index in [1.807, 2.05) is 12.1 Å². The lowest BCUT2D eigenvalue weighted by atomic mass is 10.0. The van der Waals surface area contributed by atoms with E-state index in [0.29, 0.717) is 6.61 Å². The second-order valence-electron chi connectivity index (χ2n) is 8.51. The third-order valence-corrected chi connectivity index (χ3v) is 9.80. The van der Waals surface area contributed by atoms with Crippen molar-refractivity contribution >= 4 is 8.32 Å². The maximum absolute atomic E-state index is 10.4. The van der Waals surface area contributed by atoms with Gasteiger partial charge in [0, 0.05) is 0 Å². The van der Waals surface area contributed by atoms with Gasteiger partial charge < -0.3 is 9.53 Å². The normalized spacial score (nSPS) is 14.0. The Hall–Kier alpha value is -0.643. The molecule has 1 N–H and O–H groups in total. The van der Waals surface area contributed by atoms with Crippen molar-refractivity contribution < 1.29 is 9.53 Å². The van der Waals surface area contributed by atoms with Gasteiger partial charge in [-0.2, -0.15) is 0 Å². The van der Waals surface area contributed by atoms with Gasteiger partial charge in [0.2, 0.25) is 0 Å². The van der Waals surface area contributed by atoms with Crippen molar-refractivity contribution in [3.05, 3.63) is 35.4 Å². The average Bonchev–Trinajstić information content (AvgIpc) is 2.52. The maximum Gasteiger partial charge on any atom is 0.192 e. The second-order valence-corrected chi connectivity index (χ2v) is 13.3. The number of rotatable bonds is 10. The minimum atomic E-state index is -1.73. The summed E-state index contributed by atoms with van der Waals surface area (Å²) in [6.45, 7) is 14.2. The van der Waals surface area contributed by atoms with E-state index in [2.05, 4.69) is 52.9 Å². The summed E-state index contributed by atoms with van der Waals surface area (Å²) in [4.78, 5) is 0. The maximum atomic E-state index is 10.4. The van der Waals surface area contributed by atoms with Crippen LogP contribution in [-0.4, -0.2) is 13.4 Å². The minimum Gasteiger partial charge on any atom is -0.413 e. The van der Waals surface area contributed by atoms with E-state index in [-0.39, 0.29) is 11.1 Å². The largest absolute Gasteiger partial charge is 0.413 e. The van der Waals surface area contributed by atoms with E-state index in [1.54, 1.807) is 0 Å². The molecule has 2 nitrogen and oxygen atoms in total. The summed E-state index contributed by atoms with van der Waals surface area (Å²) in [7, 11) is -1.73. The SMILES string of the molecule is CCCCCCC[C@@H](O)c1cccc(CO[Si](C)(C)C(C)(C)C)c1. The number of aliphatic hydroxyl groups excluding tert-OH is 1. The van der Waals surface area contributed by atoms with Crippen molar-refractivity contribution in [3.63, 3.8) is 0 Å². The molecule has 1 aromatic rings. The molecule has 138 valence electrons. The van der Waals surface area contributed by atoms with Gasteiger partial charge in [-0.25, -0.2) is 0 Å². The Morgan fingerprint density at radius 3 is 2.38 bits per heavy atom. The monoisotopic (exact) mass is 350 g/mol. The van der Waals surface area contributed by atoms with Crippen LogP contribution in [0.3, 0.4) is 0 Å². The molecule has 0 fully saturated rings. The fourth-order valence-corrected chi connectivity index (χ4v) is 3.44. The van der Waals surface area contributed by atoms with Gasteiger partial charge in [-0.15, -0.1) is 0 Å². The van der Waals surface area contributed by atoms with Crippen LogP contribution in [0.4, 0.5) is 0 Å². The van der Waals surface area contributed by atoms with Crippen LogP contribution in [0.25, 0.3) is 0 Å². The molecule has 1 aromatic carbocycles. The quantitative estimate of drug-likeness (QED) is 0.380. The van der Waals surface area contributed by atoms with Crippen LogP contribution in [0.2, 0.25) is 18.1 Å². The molecule has 1 atom stereocenters. The lowest BCUT2D eigenvalue weighted by molar-refractivity contribution is 0.163. The fourth-order valence-electron chi connectivity index (χ4n) is 2.48. The summed E-state index contributed by atoms with van der Waals surface area (Å²) >= 11 is 0. The first-order chi connectivity index (χ1) is 11.2. The Morgan fingerprint density at radius 2 is 1.75 bits per heavy atom. The Bertz CT molecular complexity index is 477. The van der Waals surface area contributed by atoms with Crippen molar-refractivity contribution in [2.75, 3.05) is 0 Å². The average molecular weight is 351 g/mol. The summed E-state index contributed by atoms with van der Waals surface area (Å²) in [6.07, 6.45) is 6.68. The van der Waals surface area contributed by atoms with Crippen LogP contribution in [0, 0.1) is 0 Å². The lowest BCUT2D eigenvalue weighted by Crippen LogP contribution is -2.40. The highest BCUT2D eigenvalue weighted by Crippen LogP contribution is 2.37. The van der Waals surface area contributed by atoms with E-state index in [0.717, 1.165) is 18.4 Å². The summed E-state index contributed by atoms with van der Waals surface area (Å²) in [5.74, 6) is 0. The highest BCUT2D eigenvalue weighted by molar-refractivity contribution is 6.74. The van der Waals surface area contributed by atoms with Gasteiger partial charge in [-0.3, -0.25) is 0 Å². The zero-order valence-corrected chi connectivity index (χ0v) is 17.7. The highest BCUT2D eigenvalue weighted by atomic mass is 28.4.